The number of rotatable bonds is 4. The molecule has 8 heteroatoms. The summed E-state index contributed by atoms with van der Waals surface area (Å²) in [6, 6.07) is 5.70. The van der Waals surface area contributed by atoms with Crippen molar-refractivity contribution in [2.24, 2.45) is 5.92 Å². The van der Waals surface area contributed by atoms with Gasteiger partial charge in [0, 0.05) is 35.6 Å². The summed E-state index contributed by atoms with van der Waals surface area (Å²) in [6.07, 6.45) is 7.55. The first-order valence-electron chi connectivity index (χ1n) is 12.8. The summed E-state index contributed by atoms with van der Waals surface area (Å²) < 4.78 is 10.8. The number of nitrogens with zero attached hydrogens (tertiary/aromatic N) is 3. The number of likely N-dealkylation sites (tertiary alicyclic amines) is 2. The van der Waals surface area contributed by atoms with Gasteiger partial charge in [-0.25, -0.2) is 0 Å². The molecule has 2 aromatic rings. The topological polar surface area (TPSA) is 86.1 Å². The standard InChI is InChI=1S/C27H31N3O4S/c1-16-12-19(28-35-16)5-7-23(32)30-11-9-27(33)21-13-18-4-6-20(31)25-24(18)26(27,22(15-30)34-25)8-10-29(21)14-17-2-3-17/h4-7,12,17,21-22,31,33H,2-3,8-11,13-15H2,1H3/b7-5+/t21-,22+,26-,27-/m1/s1. The van der Waals surface area contributed by atoms with Gasteiger partial charge in [-0.2, -0.15) is 4.37 Å². The highest BCUT2D eigenvalue weighted by atomic mass is 32.1. The molecule has 184 valence electrons. The van der Waals surface area contributed by atoms with Gasteiger partial charge >= 0.3 is 0 Å². The molecule has 1 aromatic heterocycles. The van der Waals surface area contributed by atoms with Gasteiger partial charge in [-0.1, -0.05) is 6.07 Å². The second kappa shape index (κ2) is 7.54. The minimum atomic E-state index is -1.01. The van der Waals surface area contributed by atoms with Crippen molar-refractivity contribution in [3.05, 3.63) is 46.0 Å². The number of aromatic hydroxyl groups is 1. The Morgan fingerprint density at radius 3 is 2.94 bits per heavy atom. The van der Waals surface area contributed by atoms with Gasteiger partial charge in [-0.3, -0.25) is 9.69 Å². The van der Waals surface area contributed by atoms with Crippen LogP contribution in [0.1, 0.15) is 47.4 Å². The van der Waals surface area contributed by atoms with Gasteiger partial charge in [0.25, 0.3) is 0 Å². The zero-order chi connectivity index (χ0) is 23.9. The van der Waals surface area contributed by atoms with Crippen molar-refractivity contribution in [1.29, 1.82) is 0 Å². The van der Waals surface area contributed by atoms with Crippen LogP contribution in [-0.2, 0) is 16.6 Å². The molecule has 1 aromatic carbocycles. The minimum absolute atomic E-state index is 0.00508. The molecule has 3 aliphatic heterocycles. The maximum Gasteiger partial charge on any atom is 0.246 e. The molecule has 2 saturated heterocycles. The van der Waals surface area contributed by atoms with Crippen molar-refractivity contribution < 1.29 is 19.7 Å². The summed E-state index contributed by atoms with van der Waals surface area (Å²) in [7, 11) is 0. The Morgan fingerprint density at radius 1 is 1.31 bits per heavy atom. The average molecular weight is 494 g/mol. The van der Waals surface area contributed by atoms with Crippen molar-refractivity contribution in [3.8, 4) is 11.5 Å². The number of hydrogen-bond donors (Lipinski definition) is 2. The van der Waals surface area contributed by atoms with E-state index in [9.17, 15) is 15.0 Å². The highest BCUT2D eigenvalue weighted by Gasteiger charge is 2.71. The number of piperidine rings is 1. The van der Waals surface area contributed by atoms with Gasteiger partial charge < -0.3 is 19.8 Å². The Balaban J connectivity index is 1.27. The zero-order valence-corrected chi connectivity index (χ0v) is 20.8. The number of hydrogen-bond acceptors (Lipinski definition) is 7. The molecule has 2 N–H and O–H groups in total. The highest BCUT2D eigenvalue weighted by Crippen LogP contribution is 2.63. The van der Waals surface area contributed by atoms with Crippen molar-refractivity contribution in [3.63, 3.8) is 0 Å². The normalized spacial score (nSPS) is 33.5. The molecule has 4 heterocycles. The molecule has 1 amide bonds. The molecule has 5 aliphatic rings. The van der Waals surface area contributed by atoms with Gasteiger partial charge in [-0.15, -0.1) is 0 Å². The molecular weight excluding hydrogens is 462 g/mol. The maximum absolute atomic E-state index is 13.3. The summed E-state index contributed by atoms with van der Waals surface area (Å²) in [5.41, 5.74) is 1.34. The molecule has 0 radical (unpaired) electrons. The third kappa shape index (κ3) is 3.09. The van der Waals surface area contributed by atoms with E-state index in [4.69, 9.17) is 4.74 Å². The Kier molecular flexibility index (Phi) is 4.70. The lowest BCUT2D eigenvalue weighted by atomic mass is 9.52. The van der Waals surface area contributed by atoms with Crippen LogP contribution >= 0.6 is 11.5 Å². The van der Waals surface area contributed by atoms with Crippen LogP contribution < -0.4 is 4.74 Å². The van der Waals surface area contributed by atoms with E-state index in [0.29, 0.717) is 25.3 Å². The molecule has 1 saturated carbocycles. The molecule has 2 aliphatic carbocycles. The van der Waals surface area contributed by atoms with E-state index in [2.05, 4.69) is 9.27 Å². The van der Waals surface area contributed by atoms with E-state index in [-0.39, 0.29) is 23.8 Å². The van der Waals surface area contributed by atoms with E-state index in [0.717, 1.165) is 48.0 Å². The smallest absolute Gasteiger partial charge is 0.246 e. The number of aliphatic hydroxyl groups is 1. The largest absolute Gasteiger partial charge is 0.504 e. The molecule has 35 heavy (non-hydrogen) atoms. The maximum atomic E-state index is 13.3. The van der Waals surface area contributed by atoms with E-state index >= 15 is 0 Å². The second-order valence-corrected chi connectivity index (χ2v) is 12.1. The van der Waals surface area contributed by atoms with Crippen LogP contribution in [0.2, 0.25) is 0 Å². The van der Waals surface area contributed by atoms with Crippen LogP contribution in [0, 0.1) is 12.8 Å². The molecule has 7 nitrogen and oxygen atoms in total. The lowest BCUT2D eigenvalue weighted by Gasteiger charge is -2.60. The molecule has 1 spiro atoms. The van der Waals surface area contributed by atoms with Crippen molar-refractivity contribution in [1.82, 2.24) is 14.2 Å². The van der Waals surface area contributed by atoms with Crippen molar-refractivity contribution >= 4 is 23.5 Å². The fourth-order valence-electron chi connectivity index (χ4n) is 7.33. The van der Waals surface area contributed by atoms with Gasteiger partial charge in [0.05, 0.1) is 23.3 Å². The fraction of sp³-hybridized carbons (Fsp3) is 0.556. The van der Waals surface area contributed by atoms with Crippen LogP contribution in [0.4, 0.5) is 0 Å². The fourth-order valence-corrected chi connectivity index (χ4v) is 7.87. The third-order valence-corrected chi connectivity index (χ3v) is 9.85. The second-order valence-electron chi connectivity index (χ2n) is 11.1. The Hall–Kier alpha value is -2.42. The highest BCUT2D eigenvalue weighted by molar-refractivity contribution is 7.05. The summed E-state index contributed by atoms with van der Waals surface area (Å²) in [4.78, 5) is 18.7. The Bertz CT molecular complexity index is 1240. The first kappa shape index (κ1) is 21.8. The molecule has 2 bridgehead atoms. The Labute approximate surface area is 209 Å². The average Bonchev–Trinajstić information content (AvgIpc) is 3.48. The summed E-state index contributed by atoms with van der Waals surface area (Å²) in [6.45, 7) is 4.82. The number of carbonyl (C=O) groups excluding carboxylic acids is 1. The Morgan fingerprint density at radius 2 is 2.17 bits per heavy atom. The predicted molar refractivity (Wildman–Crippen MR) is 133 cm³/mol. The number of phenolic OH excluding ortho intramolecular Hbond substituents is 1. The molecule has 0 unspecified atom stereocenters. The predicted octanol–water partition coefficient (Wildman–Crippen LogP) is 2.87. The molecule has 3 fully saturated rings. The molecule has 4 atom stereocenters. The van der Waals surface area contributed by atoms with Crippen LogP contribution in [0.25, 0.3) is 6.08 Å². The molecular formula is C27H31N3O4S. The summed E-state index contributed by atoms with van der Waals surface area (Å²) in [5, 5.41) is 23.3. The van der Waals surface area contributed by atoms with Crippen molar-refractivity contribution in [2.75, 3.05) is 26.2 Å². The van der Waals surface area contributed by atoms with E-state index in [1.165, 1.54) is 29.9 Å². The van der Waals surface area contributed by atoms with Gasteiger partial charge in [0.1, 0.15) is 6.10 Å². The van der Waals surface area contributed by atoms with Gasteiger partial charge in [0.15, 0.2) is 11.5 Å². The van der Waals surface area contributed by atoms with Crippen LogP contribution in [0.15, 0.2) is 24.3 Å². The number of benzene rings is 1. The monoisotopic (exact) mass is 493 g/mol. The third-order valence-electron chi connectivity index (χ3n) is 9.14. The number of phenols is 1. The van der Waals surface area contributed by atoms with Crippen LogP contribution in [0.5, 0.6) is 11.5 Å². The number of aromatic nitrogens is 1. The van der Waals surface area contributed by atoms with Crippen LogP contribution in [-0.4, -0.2) is 74.2 Å². The van der Waals surface area contributed by atoms with E-state index in [1.54, 1.807) is 18.2 Å². The quantitative estimate of drug-likeness (QED) is 0.637. The first-order chi connectivity index (χ1) is 16.9. The minimum Gasteiger partial charge on any atom is -0.504 e. The lowest BCUT2D eigenvalue weighted by molar-refractivity contribution is -0.162. The number of ether oxygens (including phenoxy) is 1. The van der Waals surface area contributed by atoms with Gasteiger partial charge in [-0.05, 0) is 86.8 Å². The zero-order valence-electron chi connectivity index (χ0n) is 19.9. The van der Waals surface area contributed by atoms with E-state index < -0.39 is 11.0 Å². The lowest BCUT2D eigenvalue weighted by Crippen LogP contribution is -2.74. The number of aryl methyl sites for hydroxylation is 1. The number of carbonyl (C=O) groups is 1. The van der Waals surface area contributed by atoms with Crippen LogP contribution in [0.3, 0.4) is 0 Å². The molecule has 7 rings (SSSR count). The number of amides is 1. The van der Waals surface area contributed by atoms with E-state index in [1.807, 2.05) is 24.0 Å². The van der Waals surface area contributed by atoms with Gasteiger partial charge in [0.2, 0.25) is 5.91 Å². The first-order valence-corrected chi connectivity index (χ1v) is 13.5. The summed E-state index contributed by atoms with van der Waals surface area (Å²) in [5.74, 6) is 1.29. The SMILES string of the molecule is Cc1cc(/C=C/C(=O)N2CC[C@@]3(O)[C@H]4Cc5ccc(O)c6c5[C@@]3(CCN4CC3CC3)[C@H](C2)O6)ns1. The summed E-state index contributed by atoms with van der Waals surface area (Å²) >= 11 is 1.42. The van der Waals surface area contributed by atoms with Crippen molar-refractivity contribution in [2.45, 2.75) is 62.2 Å².